The van der Waals surface area contributed by atoms with Crippen molar-refractivity contribution in [1.82, 2.24) is 0 Å². The van der Waals surface area contributed by atoms with Crippen molar-refractivity contribution in [3.63, 3.8) is 0 Å². The van der Waals surface area contributed by atoms with Crippen LogP contribution in [-0.4, -0.2) is 4.43 Å². The molecule has 0 aliphatic heterocycles. The Balaban J connectivity index is 0. The normalized spacial score (nSPS) is 8.25. The zero-order valence-corrected chi connectivity index (χ0v) is 9.81. The Morgan fingerprint density at radius 3 is 2.12 bits per heavy atom. The smallest absolute Gasteiger partial charge is 0.000473 e. The molecule has 0 rings (SSSR count). The summed E-state index contributed by atoms with van der Waals surface area (Å²) in [5.41, 5.74) is 0. The van der Waals surface area contributed by atoms with Gasteiger partial charge in [0.25, 0.3) is 0 Å². The van der Waals surface area contributed by atoms with Gasteiger partial charge < -0.3 is 0 Å². The molecule has 0 radical (unpaired) electrons. The number of rotatable bonds is 4. The van der Waals surface area contributed by atoms with Crippen LogP contribution < -0.4 is 0 Å². The molecular weight excluding hydrogens is 326 g/mol. The van der Waals surface area contributed by atoms with Gasteiger partial charge in [0, 0.05) is 0 Å². The number of hydrogen-bond acceptors (Lipinski definition) is 0. The maximum atomic E-state index is 2.43. The van der Waals surface area contributed by atoms with Crippen molar-refractivity contribution < 1.29 is 0 Å². The van der Waals surface area contributed by atoms with Crippen molar-refractivity contribution in [1.29, 1.82) is 0 Å². The lowest BCUT2D eigenvalue weighted by Gasteiger charge is -1.89. The Morgan fingerprint density at radius 1 is 1.12 bits per heavy atom. The molecule has 0 saturated heterocycles. The summed E-state index contributed by atoms with van der Waals surface area (Å²) in [6, 6.07) is 0. The fraction of sp³-hybridized carbons (Fsp3) is 1.00. The fourth-order valence-electron chi connectivity index (χ4n) is 0.521. The number of halogens is 2. The van der Waals surface area contributed by atoms with Crippen LogP contribution in [0.1, 0.15) is 32.6 Å². The second-order valence-corrected chi connectivity index (χ2v) is 2.83. The van der Waals surface area contributed by atoms with Gasteiger partial charge in [-0.05, 0) is 10.8 Å². The predicted molar refractivity (Wildman–Crippen MR) is 58.4 cm³/mol. The largest absolute Gasteiger partial charge is 0.107 e. The van der Waals surface area contributed by atoms with Gasteiger partial charge in [-0.3, -0.25) is 0 Å². The van der Waals surface area contributed by atoms with Gasteiger partial charge in [0.15, 0.2) is 0 Å². The first-order chi connectivity index (χ1) is 3.41. The van der Waals surface area contributed by atoms with Gasteiger partial charge in [0.05, 0.1) is 0 Å². The second-order valence-electron chi connectivity index (χ2n) is 1.75. The molecule has 0 aliphatic rings. The highest BCUT2D eigenvalue weighted by Gasteiger charge is 1.80. The molecule has 0 unspecified atom stereocenters. The van der Waals surface area contributed by atoms with E-state index in [1.807, 2.05) is 0 Å². The van der Waals surface area contributed by atoms with E-state index in [1.165, 1.54) is 30.1 Å². The number of unbranched alkanes of at least 4 members (excludes halogenated alkanes) is 3. The summed E-state index contributed by atoms with van der Waals surface area (Å²) in [5, 5.41) is 0. The van der Waals surface area contributed by atoms with Crippen molar-refractivity contribution in [2.24, 2.45) is 0 Å². The first kappa shape index (κ1) is 12.2. The van der Waals surface area contributed by atoms with Crippen LogP contribution in [0.3, 0.4) is 0 Å². The first-order valence-corrected chi connectivity index (χ1v) is 4.50. The van der Waals surface area contributed by atoms with E-state index in [9.17, 15) is 0 Å². The Labute approximate surface area is 83.0 Å². The van der Waals surface area contributed by atoms with Gasteiger partial charge in [0.1, 0.15) is 0 Å². The van der Waals surface area contributed by atoms with Crippen LogP contribution in [0.15, 0.2) is 0 Å². The highest BCUT2D eigenvalue weighted by molar-refractivity contribution is 14.1. The van der Waals surface area contributed by atoms with Crippen LogP contribution in [-0.2, 0) is 0 Å². The molecule has 0 aromatic carbocycles. The van der Waals surface area contributed by atoms with Crippen LogP contribution in [0.25, 0.3) is 0 Å². The average molecular weight is 340 g/mol. The van der Waals surface area contributed by atoms with Gasteiger partial charge in [-0.1, -0.05) is 48.8 Å². The Morgan fingerprint density at radius 2 is 1.75 bits per heavy atom. The highest BCUT2D eigenvalue weighted by atomic mass is 127. The third-order valence-electron chi connectivity index (χ3n) is 0.987. The second kappa shape index (κ2) is 11.3. The summed E-state index contributed by atoms with van der Waals surface area (Å²) >= 11 is 2.43. The van der Waals surface area contributed by atoms with E-state index in [1.54, 1.807) is 0 Å². The molecule has 0 bridgehead atoms. The topological polar surface area (TPSA) is 0 Å². The van der Waals surface area contributed by atoms with Crippen molar-refractivity contribution in [2.45, 2.75) is 32.6 Å². The first-order valence-electron chi connectivity index (χ1n) is 2.97. The summed E-state index contributed by atoms with van der Waals surface area (Å²) < 4.78 is 1.33. The van der Waals surface area contributed by atoms with Crippen molar-refractivity contribution >= 4 is 46.6 Å². The van der Waals surface area contributed by atoms with E-state index in [-0.39, 0.29) is 24.0 Å². The summed E-state index contributed by atoms with van der Waals surface area (Å²) in [4.78, 5) is 0. The predicted octanol–water partition coefficient (Wildman–Crippen LogP) is 3.62. The van der Waals surface area contributed by atoms with Crippen LogP contribution in [0.5, 0.6) is 0 Å². The van der Waals surface area contributed by atoms with Crippen molar-refractivity contribution in [3.8, 4) is 0 Å². The van der Waals surface area contributed by atoms with Crippen LogP contribution in [0, 0.1) is 0 Å². The van der Waals surface area contributed by atoms with Crippen LogP contribution in [0.2, 0.25) is 0 Å². The zero-order chi connectivity index (χ0) is 5.54. The molecule has 0 aliphatic carbocycles. The van der Waals surface area contributed by atoms with Crippen molar-refractivity contribution in [3.05, 3.63) is 0 Å². The quantitative estimate of drug-likeness (QED) is 0.417. The summed E-state index contributed by atoms with van der Waals surface area (Å²) in [6.07, 6.45) is 5.62. The molecule has 0 spiro atoms. The monoisotopic (exact) mass is 340 g/mol. The van der Waals surface area contributed by atoms with E-state index < -0.39 is 0 Å². The molecular formula is C6H14I2. The van der Waals surface area contributed by atoms with E-state index in [0.29, 0.717) is 0 Å². The SMILES string of the molecule is CCCCCCI.I. The minimum absolute atomic E-state index is 0. The number of alkyl halides is 1. The molecule has 2 heteroatoms. The van der Waals surface area contributed by atoms with Gasteiger partial charge in [0.2, 0.25) is 0 Å². The zero-order valence-electron chi connectivity index (χ0n) is 5.32. The molecule has 52 valence electrons. The molecule has 0 amide bonds. The molecule has 0 saturated carbocycles. The third-order valence-corrected chi connectivity index (χ3v) is 1.75. The van der Waals surface area contributed by atoms with Gasteiger partial charge in [-0.2, -0.15) is 0 Å². The van der Waals surface area contributed by atoms with E-state index in [4.69, 9.17) is 0 Å². The lowest BCUT2D eigenvalue weighted by molar-refractivity contribution is 0.710. The lowest BCUT2D eigenvalue weighted by Crippen LogP contribution is -1.73. The highest BCUT2D eigenvalue weighted by Crippen LogP contribution is 2.00. The Hall–Kier alpha value is 1.46. The summed E-state index contributed by atoms with van der Waals surface area (Å²) in [5.74, 6) is 0. The molecule has 0 aromatic rings. The van der Waals surface area contributed by atoms with Gasteiger partial charge >= 0.3 is 0 Å². The average Bonchev–Trinajstić information content (AvgIpc) is 1.69. The van der Waals surface area contributed by atoms with E-state index in [0.717, 1.165) is 0 Å². The summed E-state index contributed by atoms with van der Waals surface area (Å²) in [6.45, 7) is 2.24. The van der Waals surface area contributed by atoms with Crippen molar-refractivity contribution in [2.75, 3.05) is 4.43 Å². The lowest BCUT2D eigenvalue weighted by atomic mass is 10.2. The minimum atomic E-state index is 0. The van der Waals surface area contributed by atoms with Crippen LogP contribution >= 0.6 is 46.6 Å². The molecule has 0 heterocycles. The molecule has 8 heavy (non-hydrogen) atoms. The maximum Gasteiger partial charge on any atom is -0.000473 e. The van der Waals surface area contributed by atoms with Gasteiger partial charge in [-0.25, -0.2) is 0 Å². The third kappa shape index (κ3) is 10.4. The van der Waals surface area contributed by atoms with Crippen LogP contribution in [0.4, 0.5) is 0 Å². The standard InChI is InChI=1S/C6H13I.HI/c1-2-3-4-5-6-7;/h2-6H2,1H3;1H. The molecule has 0 nitrogen and oxygen atoms in total. The van der Waals surface area contributed by atoms with E-state index in [2.05, 4.69) is 29.5 Å². The van der Waals surface area contributed by atoms with Gasteiger partial charge in [-0.15, -0.1) is 24.0 Å². The minimum Gasteiger partial charge on any atom is -0.107 e. The Kier molecular flexibility index (Phi) is 17.2. The van der Waals surface area contributed by atoms with E-state index >= 15 is 0 Å². The maximum absolute atomic E-state index is 2.43. The number of hydrogen-bond donors (Lipinski definition) is 0. The molecule has 0 fully saturated rings. The Bertz CT molecular complexity index is 25.7. The fourth-order valence-corrected chi connectivity index (χ4v) is 1.06. The summed E-state index contributed by atoms with van der Waals surface area (Å²) in [7, 11) is 0. The molecule has 0 N–H and O–H groups in total. The molecule has 0 atom stereocenters. The molecule has 0 aromatic heterocycles.